The molecule has 0 saturated heterocycles. The standard InChI is InChI=1S/C13H11N3O/c1-9-3-5-10(6-4-9)12-11(7-14)8-16(2)13(17)15-12/h3-6,8H,1-2H3. The molecule has 4 nitrogen and oxygen atoms in total. The molecule has 4 heteroatoms. The molecule has 17 heavy (non-hydrogen) atoms. The molecule has 0 aliphatic rings. The van der Waals surface area contributed by atoms with Gasteiger partial charge in [-0.1, -0.05) is 29.8 Å². The number of hydrogen-bond donors (Lipinski definition) is 0. The van der Waals surface area contributed by atoms with Crippen molar-refractivity contribution in [3.05, 3.63) is 52.1 Å². The molecule has 0 aliphatic heterocycles. The van der Waals surface area contributed by atoms with E-state index in [0.717, 1.165) is 11.1 Å². The van der Waals surface area contributed by atoms with Crippen molar-refractivity contribution in [1.29, 1.82) is 5.26 Å². The highest BCUT2D eigenvalue weighted by Crippen LogP contribution is 2.19. The summed E-state index contributed by atoms with van der Waals surface area (Å²) in [5.74, 6) is 0. The molecule has 0 bridgehead atoms. The summed E-state index contributed by atoms with van der Waals surface area (Å²) >= 11 is 0. The van der Waals surface area contributed by atoms with E-state index in [4.69, 9.17) is 5.26 Å². The summed E-state index contributed by atoms with van der Waals surface area (Å²) in [5.41, 5.74) is 2.38. The molecule has 2 aromatic rings. The van der Waals surface area contributed by atoms with Crippen LogP contribution in [-0.4, -0.2) is 9.55 Å². The molecular weight excluding hydrogens is 214 g/mol. The molecule has 0 fully saturated rings. The van der Waals surface area contributed by atoms with Crippen LogP contribution < -0.4 is 5.69 Å². The van der Waals surface area contributed by atoms with Gasteiger partial charge in [0, 0.05) is 18.8 Å². The number of nitrogens with zero attached hydrogens (tertiary/aromatic N) is 3. The predicted octanol–water partition coefficient (Wildman–Crippen LogP) is 1.63. The van der Waals surface area contributed by atoms with E-state index in [-0.39, 0.29) is 5.69 Å². The average Bonchev–Trinajstić information content (AvgIpc) is 2.33. The maximum absolute atomic E-state index is 11.5. The molecule has 0 amide bonds. The zero-order valence-electron chi connectivity index (χ0n) is 9.64. The van der Waals surface area contributed by atoms with E-state index in [1.54, 1.807) is 7.05 Å². The van der Waals surface area contributed by atoms with Crippen molar-refractivity contribution in [3.63, 3.8) is 0 Å². The van der Waals surface area contributed by atoms with Crippen LogP contribution in [0.4, 0.5) is 0 Å². The second-order valence-corrected chi connectivity index (χ2v) is 3.87. The molecule has 1 aromatic carbocycles. The van der Waals surface area contributed by atoms with Gasteiger partial charge < -0.3 is 4.57 Å². The van der Waals surface area contributed by atoms with Gasteiger partial charge in [0.05, 0.1) is 11.3 Å². The topological polar surface area (TPSA) is 58.7 Å². The lowest BCUT2D eigenvalue weighted by atomic mass is 10.1. The van der Waals surface area contributed by atoms with E-state index in [2.05, 4.69) is 11.1 Å². The maximum Gasteiger partial charge on any atom is 0.347 e. The molecule has 0 aliphatic carbocycles. The van der Waals surface area contributed by atoms with Gasteiger partial charge in [-0.15, -0.1) is 0 Å². The summed E-state index contributed by atoms with van der Waals surface area (Å²) in [7, 11) is 1.58. The fourth-order valence-electron chi connectivity index (χ4n) is 1.56. The van der Waals surface area contributed by atoms with Crippen molar-refractivity contribution in [2.75, 3.05) is 0 Å². The molecule has 0 spiro atoms. The molecular formula is C13H11N3O. The maximum atomic E-state index is 11.5. The summed E-state index contributed by atoms with van der Waals surface area (Å²) in [5, 5.41) is 9.04. The van der Waals surface area contributed by atoms with E-state index in [9.17, 15) is 4.79 Å². The molecule has 0 atom stereocenters. The zero-order valence-corrected chi connectivity index (χ0v) is 9.64. The van der Waals surface area contributed by atoms with Crippen LogP contribution in [0.3, 0.4) is 0 Å². The van der Waals surface area contributed by atoms with Gasteiger partial charge in [-0.3, -0.25) is 0 Å². The van der Waals surface area contributed by atoms with Crippen molar-refractivity contribution in [2.24, 2.45) is 7.05 Å². The SMILES string of the molecule is Cc1ccc(-c2nc(=O)n(C)cc2C#N)cc1. The van der Waals surface area contributed by atoms with E-state index in [0.29, 0.717) is 11.3 Å². The number of nitriles is 1. The summed E-state index contributed by atoms with van der Waals surface area (Å²) < 4.78 is 1.30. The van der Waals surface area contributed by atoms with Gasteiger partial charge in [0.15, 0.2) is 0 Å². The second-order valence-electron chi connectivity index (χ2n) is 3.87. The molecule has 2 rings (SSSR count). The molecule has 0 saturated carbocycles. The quantitative estimate of drug-likeness (QED) is 0.741. The minimum Gasteiger partial charge on any atom is -0.301 e. The Morgan fingerprint density at radius 1 is 1.29 bits per heavy atom. The lowest BCUT2D eigenvalue weighted by Crippen LogP contribution is -2.20. The third-order valence-electron chi connectivity index (χ3n) is 2.53. The second kappa shape index (κ2) is 4.22. The van der Waals surface area contributed by atoms with Gasteiger partial charge in [0.1, 0.15) is 6.07 Å². The van der Waals surface area contributed by atoms with Crippen molar-refractivity contribution in [1.82, 2.24) is 9.55 Å². The van der Waals surface area contributed by atoms with Crippen molar-refractivity contribution < 1.29 is 0 Å². The minimum absolute atomic E-state index is 0.362. The third-order valence-corrected chi connectivity index (χ3v) is 2.53. The van der Waals surface area contributed by atoms with Gasteiger partial charge in [-0.25, -0.2) is 4.79 Å². The first-order chi connectivity index (χ1) is 8.11. The fourth-order valence-corrected chi connectivity index (χ4v) is 1.56. The molecule has 0 radical (unpaired) electrons. The fraction of sp³-hybridized carbons (Fsp3) is 0.154. The molecule has 1 heterocycles. The van der Waals surface area contributed by atoms with Crippen molar-refractivity contribution in [3.8, 4) is 17.3 Å². The normalized spacial score (nSPS) is 9.94. The van der Waals surface area contributed by atoms with E-state index < -0.39 is 0 Å². The van der Waals surface area contributed by atoms with Crippen LogP contribution in [0.15, 0.2) is 35.3 Å². The zero-order chi connectivity index (χ0) is 12.4. The van der Waals surface area contributed by atoms with Crippen molar-refractivity contribution >= 4 is 0 Å². The first-order valence-corrected chi connectivity index (χ1v) is 5.16. The van der Waals surface area contributed by atoms with Crippen LogP contribution in [0.2, 0.25) is 0 Å². The molecule has 0 unspecified atom stereocenters. The van der Waals surface area contributed by atoms with Crippen LogP contribution in [0.5, 0.6) is 0 Å². The Labute approximate surface area is 98.8 Å². The largest absolute Gasteiger partial charge is 0.347 e. The summed E-state index contributed by atoms with van der Waals surface area (Å²) in [6.07, 6.45) is 1.50. The monoisotopic (exact) mass is 225 g/mol. The van der Waals surface area contributed by atoms with Crippen molar-refractivity contribution in [2.45, 2.75) is 6.92 Å². The van der Waals surface area contributed by atoms with Gasteiger partial charge >= 0.3 is 5.69 Å². The highest BCUT2D eigenvalue weighted by atomic mass is 16.1. The summed E-state index contributed by atoms with van der Waals surface area (Å²) in [4.78, 5) is 15.4. The van der Waals surface area contributed by atoms with Gasteiger partial charge in [-0.2, -0.15) is 10.2 Å². The minimum atomic E-state index is -0.362. The van der Waals surface area contributed by atoms with Crippen LogP contribution in [-0.2, 0) is 7.05 Å². The molecule has 1 aromatic heterocycles. The van der Waals surface area contributed by atoms with Gasteiger partial charge in [0.2, 0.25) is 0 Å². The first kappa shape index (κ1) is 11.1. The highest BCUT2D eigenvalue weighted by molar-refractivity contribution is 5.65. The Morgan fingerprint density at radius 3 is 2.53 bits per heavy atom. The average molecular weight is 225 g/mol. The lowest BCUT2D eigenvalue weighted by Gasteiger charge is -2.04. The van der Waals surface area contributed by atoms with Crippen LogP contribution in [0.25, 0.3) is 11.3 Å². The van der Waals surface area contributed by atoms with E-state index >= 15 is 0 Å². The highest BCUT2D eigenvalue weighted by Gasteiger charge is 2.08. The third kappa shape index (κ3) is 2.08. The number of benzene rings is 1. The Morgan fingerprint density at radius 2 is 1.94 bits per heavy atom. The molecule has 0 N–H and O–H groups in total. The number of rotatable bonds is 1. The van der Waals surface area contributed by atoms with Crippen LogP contribution in [0, 0.1) is 18.3 Å². The predicted molar refractivity (Wildman–Crippen MR) is 64.4 cm³/mol. The summed E-state index contributed by atoms with van der Waals surface area (Å²) in [6.45, 7) is 1.98. The first-order valence-electron chi connectivity index (χ1n) is 5.16. The van der Waals surface area contributed by atoms with Crippen LogP contribution >= 0.6 is 0 Å². The van der Waals surface area contributed by atoms with E-state index in [1.165, 1.54) is 10.8 Å². The number of aromatic nitrogens is 2. The lowest BCUT2D eigenvalue weighted by molar-refractivity contribution is 0.809. The van der Waals surface area contributed by atoms with Gasteiger partial charge in [-0.05, 0) is 6.92 Å². The van der Waals surface area contributed by atoms with E-state index in [1.807, 2.05) is 31.2 Å². The number of aryl methyl sites for hydroxylation is 2. The Bertz CT molecular complexity index is 648. The van der Waals surface area contributed by atoms with Crippen LogP contribution in [0.1, 0.15) is 11.1 Å². The smallest absolute Gasteiger partial charge is 0.301 e. The molecule has 84 valence electrons. The Balaban J connectivity index is 2.67. The number of hydrogen-bond acceptors (Lipinski definition) is 3. The van der Waals surface area contributed by atoms with Gasteiger partial charge in [0.25, 0.3) is 0 Å². The summed E-state index contributed by atoms with van der Waals surface area (Å²) in [6, 6.07) is 9.63. The Hall–Kier alpha value is -2.41. The Kier molecular flexibility index (Phi) is 2.75.